The average Bonchev–Trinajstić information content (AvgIpc) is 2.16. The number of carboxylic acids is 1. The van der Waals surface area contributed by atoms with E-state index >= 15 is 0 Å². The van der Waals surface area contributed by atoms with Crippen LogP contribution >= 0.6 is 0 Å². The molecule has 2 atom stereocenters. The molecule has 0 aromatic carbocycles. The second-order valence-electron chi connectivity index (χ2n) is 4.09. The maximum absolute atomic E-state index is 12.4. The van der Waals surface area contributed by atoms with Crippen molar-refractivity contribution in [3.05, 3.63) is 0 Å². The van der Waals surface area contributed by atoms with Crippen LogP contribution in [-0.4, -0.2) is 47.8 Å². The van der Waals surface area contributed by atoms with Crippen molar-refractivity contribution in [1.82, 2.24) is 4.90 Å². The minimum atomic E-state index is -4.20. The van der Waals surface area contributed by atoms with Gasteiger partial charge in [0.1, 0.15) is 6.04 Å². The number of piperidine rings is 1. The topological polar surface area (TPSA) is 66.6 Å². The number of likely N-dealkylation sites (tertiary alicyclic amines) is 1. The normalized spacial score (nSPS) is 25.4. The van der Waals surface area contributed by atoms with Crippen molar-refractivity contribution < 1.29 is 23.1 Å². The van der Waals surface area contributed by atoms with Crippen molar-refractivity contribution >= 4 is 5.97 Å². The van der Waals surface area contributed by atoms with Gasteiger partial charge in [0.15, 0.2) is 0 Å². The molecule has 0 aromatic rings. The molecule has 1 heterocycles. The Morgan fingerprint density at radius 2 is 2.19 bits per heavy atom. The van der Waals surface area contributed by atoms with E-state index in [0.29, 0.717) is 13.0 Å². The molecule has 3 N–H and O–H groups in total. The highest BCUT2D eigenvalue weighted by atomic mass is 19.4. The molecule has 1 aliphatic heterocycles. The Labute approximate surface area is 91.2 Å². The van der Waals surface area contributed by atoms with Crippen molar-refractivity contribution in [3.63, 3.8) is 0 Å². The zero-order valence-electron chi connectivity index (χ0n) is 8.70. The number of hydrogen-bond donors (Lipinski definition) is 2. The molecular weight excluding hydrogens is 225 g/mol. The molecule has 1 aliphatic rings. The van der Waals surface area contributed by atoms with Gasteiger partial charge in [-0.3, -0.25) is 4.79 Å². The van der Waals surface area contributed by atoms with Gasteiger partial charge >= 0.3 is 12.1 Å². The Balaban J connectivity index is 2.48. The lowest BCUT2D eigenvalue weighted by Crippen LogP contribution is -2.48. The molecule has 16 heavy (non-hydrogen) atoms. The molecular formula is C9H15F3N2O2. The van der Waals surface area contributed by atoms with Crippen LogP contribution in [0.5, 0.6) is 0 Å². The van der Waals surface area contributed by atoms with E-state index in [0.717, 1.165) is 0 Å². The van der Waals surface area contributed by atoms with Gasteiger partial charge in [-0.15, -0.1) is 0 Å². The van der Waals surface area contributed by atoms with Crippen LogP contribution in [0.4, 0.5) is 13.2 Å². The summed E-state index contributed by atoms with van der Waals surface area (Å²) in [7, 11) is 0. The number of nitrogens with zero attached hydrogens (tertiary/aromatic N) is 1. The monoisotopic (exact) mass is 240 g/mol. The number of alkyl halides is 3. The minimum absolute atomic E-state index is 0.0259. The van der Waals surface area contributed by atoms with Crippen LogP contribution in [0.25, 0.3) is 0 Å². The first-order valence-corrected chi connectivity index (χ1v) is 5.08. The maximum Gasteiger partial charge on any atom is 0.393 e. The Morgan fingerprint density at radius 3 is 2.69 bits per heavy atom. The third kappa shape index (κ3) is 3.64. The molecule has 0 radical (unpaired) electrons. The third-order valence-electron chi connectivity index (χ3n) is 2.74. The lowest BCUT2D eigenvalue weighted by Gasteiger charge is -2.34. The molecule has 94 valence electrons. The van der Waals surface area contributed by atoms with E-state index in [2.05, 4.69) is 0 Å². The lowest BCUT2D eigenvalue weighted by atomic mass is 9.97. The van der Waals surface area contributed by atoms with Gasteiger partial charge in [-0.1, -0.05) is 0 Å². The van der Waals surface area contributed by atoms with Crippen LogP contribution in [-0.2, 0) is 4.79 Å². The number of hydrogen-bond acceptors (Lipinski definition) is 3. The van der Waals surface area contributed by atoms with Gasteiger partial charge in [0.05, 0.1) is 5.92 Å². The zero-order chi connectivity index (χ0) is 12.3. The average molecular weight is 240 g/mol. The van der Waals surface area contributed by atoms with Gasteiger partial charge < -0.3 is 15.7 Å². The first-order chi connectivity index (χ1) is 7.30. The Bertz CT molecular complexity index is 258. The maximum atomic E-state index is 12.4. The molecule has 1 rings (SSSR count). The van der Waals surface area contributed by atoms with Crippen molar-refractivity contribution in [2.45, 2.75) is 25.1 Å². The molecule has 1 saturated heterocycles. The quantitative estimate of drug-likeness (QED) is 0.761. The minimum Gasteiger partial charge on any atom is -0.480 e. The van der Waals surface area contributed by atoms with Crippen LogP contribution in [0.2, 0.25) is 0 Å². The van der Waals surface area contributed by atoms with Crippen LogP contribution in [0.3, 0.4) is 0 Å². The Kier molecular flexibility index (Phi) is 4.15. The molecule has 0 spiro atoms. The standard InChI is InChI=1S/C9H15F3N2O2/c10-9(11,12)6-2-1-3-14(4-6)5-7(13)8(15)16/h6-7H,1-5,13H2,(H,15,16). The Morgan fingerprint density at radius 1 is 1.56 bits per heavy atom. The second-order valence-corrected chi connectivity index (χ2v) is 4.09. The summed E-state index contributed by atoms with van der Waals surface area (Å²) >= 11 is 0. The summed E-state index contributed by atoms with van der Waals surface area (Å²) in [6.07, 6.45) is -3.66. The van der Waals surface area contributed by atoms with Crippen molar-refractivity contribution in [2.24, 2.45) is 11.7 Å². The summed E-state index contributed by atoms with van der Waals surface area (Å²) in [4.78, 5) is 12.0. The highest BCUT2D eigenvalue weighted by Crippen LogP contribution is 2.32. The third-order valence-corrected chi connectivity index (χ3v) is 2.74. The molecule has 0 aliphatic carbocycles. The van der Waals surface area contributed by atoms with Crippen LogP contribution in [0.1, 0.15) is 12.8 Å². The van der Waals surface area contributed by atoms with Gasteiger partial charge in [0.25, 0.3) is 0 Å². The van der Waals surface area contributed by atoms with Crippen LogP contribution in [0.15, 0.2) is 0 Å². The first-order valence-electron chi connectivity index (χ1n) is 5.08. The fourth-order valence-electron chi connectivity index (χ4n) is 1.84. The molecule has 1 fully saturated rings. The highest BCUT2D eigenvalue weighted by Gasteiger charge is 2.41. The predicted octanol–water partition coefficient (Wildman–Crippen LogP) is 0.673. The summed E-state index contributed by atoms with van der Waals surface area (Å²) in [6.45, 7) is 0.306. The molecule has 2 unspecified atom stereocenters. The first kappa shape index (κ1) is 13.2. The van der Waals surface area contributed by atoms with Crippen LogP contribution < -0.4 is 5.73 Å². The van der Waals surface area contributed by atoms with Gasteiger partial charge in [-0.2, -0.15) is 13.2 Å². The number of carbonyl (C=O) groups is 1. The fraction of sp³-hybridized carbons (Fsp3) is 0.889. The largest absolute Gasteiger partial charge is 0.480 e. The summed E-state index contributed by atoms with van der Waals surface area (Å²) in [5.41, 5.74) is 5.28. The number of nitrogens with two attached hydrogens (primary N) is 1. The SMILES string of the molecule is NC(CN1CCCC(C(F)(F)F)C1)C(=O)O. The predicted molar refractivity (Wildman–Crippen MR) is 50.8 cm³/mol. The number of carboxylic acid groups (broad SMARTS) is 1. The van der Waals surface area contributed by atoms with E-state index in [9.17, 15) is 18.0 Å². The zero-order valence-corrected chi connectivity index (χ0v) is 8.70. The molecule has 0 saturated carbocycles. The molecule has 0 amide bonds. The van der Waals surface area contributed by atoms with Gasteiger partial charge in [0.2, 0.25) is 0 Å². The number of rotatable bonds is 3. The smallest absolute Gasteiger partial charge is 0.393 e. The highest BCUT2D eigenvalue weighted by molar-refractivity contribution is 5.73. The Hall–Kier alpha value is -0.820. The van der Waals surface area contributed by atoms with Crippen molar-refractivity contribution in [1.29, 1.82) is 0 Å². The molecule has 7 heteroatoms. The van der Waals surface area contributed by atoms with Gasteiger partial charge in [-0.25, -0.2) is 0 Å². The summed E-state index contributed by atoms with van der Waals surface area (Å²) in [5.74, 6) is -2.55. The van der Waals surface area contributed by atoms with Gasteiger partial charge in [-0.05, 0) is 19.4 Å². The lowest BCUT2D eigenvalue weighted by molar-refractivity contribution is -0.186. The van der Waals surface area contributed by atoms with E-state index in [1.165, 1.54) is 4.90 Å². The summed E-state index contributed by atoms with van der Waals surface area (Å²) < 4.78 is 37.3. The number of halogens is 3. The van der Waals surface area contributed by atoms with Crippen LogP contribution in [0, 0.1) is 5.92 Å². The van der Waals surface area contributed by atoms with E-state index < -0.39 is 24.1 Å². The summed E-state index contributed by atoms with van der Waals surface area (Å²) in [6, 6.07) is -1.12. The molecule has 0 bridgehead atoms. The van der Waals surface area contributed by atoms with E-state index in [-0.39, 0.29) is 19.5 Å². The van der Waals surface area contributed by atoms with E-state index in [1.54, 1.807) is 0 Å². The number of aliphatic carboxylic acids is 1. The van der Waals surface area contributed by atoms with Crippen molar-refractivity contribution in [3.8, 4) is 0 Å². The molecule has 0 aromatic heterocycles. The van der Waals surface area contributed by atoms with Crippen molar-refractivity contribution in [2.75, 3.05) is 19.6 Å². The van der Waals surface area contributed by atoms with E-state index in [4.69, 9.17) is 10.8 Å². The van der Waals surface area contributed by atoms with E-state index in [1.807, 2.05) is 0 Å². The van der Waals surface area contributed by atoms with Gasteiger partial charge in [0, 0.05) is 13.1 Å². The second kappa shape index (κ2) is 5.01. The summed E-state index contributed by atoms with van der Waals surface area (Å²) in [5, 5.41) is 8.56. The fourth-order valence-corrected chi connectivity index (χ4v) is 1.84. The molecule has 4 nitrogen and oxygen atoms in total.